The third kappa shape index (κ3) is 3.75. The predicted molar refractivity (Wildman–Crippen MR) is 99.1 cm³/mol. The Morgan fingerprint density at radius 1 is 1.12 bits per heavy atom. The molecule has 3 heteroatoms. The fourth-order valence-electron chi connectivity index (χ4n) is 4.88. The van der Waals surface area contributed by atoms with Crippen LogP contribution in [0.4, 0.5) is 0 Å². The van der Waals surface area contributed by atoms with E-state index in [2.05, 4.69) is 47.5 Å². The van der Waals surface area contributed by atoms with Gasteiger partial charge < -0.3 is 9.47 Å². The molecule has 1 aromatic rings. The van der Waals surface area contributed by atoms with E-state index in [1.54, 1.807) is 0 Å². The van der Waals surface area contributed by atoms with Crippen molar-refractivity contribution in [2.75, 3.05) is 13.2 Å². The summed E-state index contributed by atoms with van der Waals surface area (Å²) in [5, 5.41) is 0. The largest absolute Gasteiger partial charge is 0.353 e. The van der Waals surface area contributed by atoms with E-state index in [0.29, 0.717) is 12.1 Å². The summed E-state index contributed by atoms with van der Waals surface area (Å²) >= 11 is 0. The van der Waals surface area contributed by atoms with E-state index in [-0.39, 0.29) is 6.29 Å². The van der Waals surface area contributed by atoms with Crippen molar-refractivity contribution in [3.8, 4) is 0 Å². The topological polar surface area (TPSA) is 21.7 Å². The normalized spacial score (nSPS) is 30.4. The van der Waals surface area contributed by atoms with Gasteiger partial charge in [0.1, 0.15) is 0 Å². The zero-order valence-corrected chi connectivity index (χ0v) is 15.0. The molecule has 1 aliphatic carbocycles. The average molecular weight is 339 g/mol. The van der Waals surface area contributed by atoms with Crippen molar-refractivity contribution in [3.05, 3.63) is 53.8 Å². The van der Waals surface area contributed by atoms with E-state index in [4.69, 9.17) is 9.47 Å². The lowest BCUT2D eigenvalue weighted by Gasteiger charge is -2.32. The summed E-state index contributed by atoms with van der Waals surface area (Å²) in [7, 11) is 0. The standard InChI is InChI=1S/C22H29NO2/c1-2-18-9-10-19-15-21(18)23(16-17-7-4-3-5-8-17)20(19)11-12-22-24-13-6-14-25-22/h3-5,7-8,19-22H,1,6,9-16H2/t19-,20-,21-/m0/s1. The summed E-state index contributed by atoms with van der Waals surface area (Å²) in [6.07, 6.45) is 6.89. The van der Waals surface area contributed by atoms with Crippen LogP contribution in [0.1, 0.15) is 44.1 Å². The summed E-state index contributed by atoms with van der Waals surface area (Å²) in [6.45, 7) is 6.67. The smallest absolute Gasteiger partial charge is 0.157 e. The van der Waals surface area contributed by atoms with Crippen LogP contribution in [-0.4, -0.2) is 36.5 Å². The van der Waals surface area contributed by atoms with Gasteiger partial charge in [-0.15, -0.1) is 5.73 Å². The first-order chi connectivity index (χ1) is 12.3. The monoisotopic (exact) mass is 339 g/mol. The first-order valence-corrected chi connectivity index (χ1v) is 9.77. The lowest BCUT2D eigenvalue weighted by molar-refractivity contribution is -0.183. The maximum Gasteiger partial charge on any atom is 0.157 e. The van der Waals surface area contributed by atoms with Gasteiger partial charge in [-0.2, -0.15) is 0 Å². The quantitative estimate of drug-likeness (QED) is 0.747. The fourth-order valence-corrected chi connectivity index (χ4v) is 4.88. The van der Waals surface area contributed by atoms with E-state index < -0.39 is 0 Å². The van der Waals surface area contributed by atoms with Gasteiger partial charge in [-0.3, -0.25) is 4.90 Å². The van der Waals surface area contributed by atoms with Crippen LogP contribution in [0.3, 0.4) is 0 Å². The Morgan fingerprint density at radius 2 is 1.92 bits per heavy atom. The minimum absolute atomic E-state index is 0.00203. The minimum Gasteiger partial charge on any atom is -0.353 e. The molecule has 4 rings (SSSR count). The van der Waals surface area contributed by atoms with Crippen LogP contribution in [0, 0.1) is 5.92 Å². The molecule has 2 aliphatic heterocycles. The summed E-state index contributed by atoms with van der Waals surface area (Å²) in [6, 6.07) is 12.0. The molecule has 0 amide bonds. The van der Waals surface area contributed by atoms with Crippen molar-refractivity contribution >= 4 is 0 Å². The van der Waals surface area contributed by atoms with Crippen LogP contribution >= 0.6 is 0 Å². The highest BCUT2D eigenvalue weighted by Gasteiger charge is 2.45. The van der Waals surface area contributed by atoms with Crippen LogP contribution in [-0.2, 0) is 16.0 Å². The fraction of sp³-hybridized carbons (Fsp3) is 0.591. The number of hydrogen-bond donors (Lipinski definition) is 0. The molecule has 2 bridgehead atoms. The van der Waals surface area contributed by atoms with Gasteiger partial charge in [-0.25, -0.2) is 0 Å². The second-order valence-electron chi connectivity index (χ2n) is 7.58. The summed E-state index contributed by atoms with van der Waals surface area (Å²) in [5.41, 5.74) is 6.06. The molecule has 3 fully saturated rings. The van der Waals surface area contributed by atoms with Crippen molar-refractivity contribution in [1.29, 1.82) is 0 Å². The van der Waals surface area contributed by atoms with Gasteiger partial charge in [0.25, 0.3) is 0 Å². The van der Waals surface area contributed by atoms with Crippen molar-refractivity contribution in [2.24, 2.45) is 5.92 Å². The molecule has 3 aliphatic rings. The molecule has 134 valence electrons. The minimum atomic E-state index is 0.00203. The Kier molecular flexibility index (Phi) is 5.38. The number of benzene rings is 1. The lowest BCUT2D eigenvalue weighted by Crippen LogP contribution is -2.37. The highest BCUT2D eigenvalue weighted by molar-refractivity contribution is 5.21. The zero-order chi connectivity index (χ0) is 17.1. The van der Waals surface area contributed by atoms with Gasteiger partial charge in [0, 0.05) is 18.6 Å². The van der Waals surface area contributed by atoms with E-state index >= 15 is 0 Å². The summed E-state index contributed by atoms with van der Waals surface area (Å²) < 4.78 is 11.6. The predicted octanol–water partition coefficient (Wildman–Crippen LogP) is 4.29. The third-order valence-electron chi connectivity index (χ3n) is 6.11. The first kappa shape index (κ1) is 17.1. The number of ether oxygens (including phenoxy) is 2. The Hall–Kier alpha value is -1.38. The van der Waals surface area contributed by atoms with Gasteiger partial charge >= 0.3 is 0 Å². The van der Waals surface area contributed by atoms with Gasteiger partial charge in [-0.05, 0) is 55.6 Å². The summed E-state index contributed by atoms with van der Waals surface area (Å²) in [5.74, 6) is 0.786. The van der Waals surface area contributed by atoms with E-state index in [1.807, 2.05) is 0 Å². The number of hydrogen-bond acceptors (Lipinski definition) is 3. The molecule has 3 atom stereocenters. The number of fused-ring (bicyclic) bond motifs is 2. The van der Waals surface area contributed by atoms with Crippen LogP contribution in [0.2, 0.25) is 0 Å². The Morgan fingerprint density at radius 3 is 2.68 bits per heavy atom. The molecule has 0 unspecified atom stereocenters. The van der Waals surface area contributed by atoms with Crippen LogP contribution in [0.25, 0.3) is 0 Å². The number of rotatable bonds is 5. The lowest BCUT2D eigenvalue weighted by atomic mass is 9.83. The number of likely N-dealkylation sites (tertiary alicyclic amines) is 1. The first-order valence-electron chi connectivity index (χ1n) is 9.77. The maximum atomic E-state index is 5.78. The molecular formula is C22H29NO2. The zero-order valence-electron chi connectivity index (χ0n) is 15.0. The van der Waals surface area contributed by atoms with Crippen LogP contribution in [0.15, 0.2) is 48.2 Å². The number of nitrogens with zero attached hydrogens (tertiary/aromatic N) is 1. The molecule has 1 saturated carbocycles. The molecule has 2 saturated heterocycles. The van der Waals surface area contributed by atoms with Gasteiger partial charge in [0.15, 0.2) is 6.29 Å². The van der Waals surface area contributed by atoms with E-state index in [0.717, 1.165) is 51.4 Å². The van der Waals surface area contributed by atoms with Gasteiger partial charge in [0.05, 0.1) is 13.2 Å². The van der Waals surface area contributed by atoms with Crippen molar-refractivity contribution < 1.29 is 9.47 Å². The molecule has 3 nitrogen and oxygen atoms in total. The van der Waals surface area contributed by atoms with Crippen molar-refractivity contribution in [3.63, 3.8) is 0 Å². The van der Waals surface area contributed by atoms with E-state index in [1.165, 1.54) is 24.0 Å². The van der Waals surface area contributed by atoms with Crippen LogP contribution < -0.4 is 0 Å². The second-order valence-corrected chi connectivity index (χ2v) is 7.58. The third-order valence-corrected chi connectivity index (χ3v) is 6.11. The molecule has 0 N–H and O–H groups in total. The Balaban J connectivity index is 1.49. The highest BCUT2D eigenvalue weighted by atomic mass is 16.7. The highest BCUT2D eigenvalue weighted by Crippen LogP contribution is 2.45. The SMILES string of the molecule is C=C=C1CC[C@H]2C[C@@H]1N(Cc1ccccc1)[C@H]2CCC1OCCCO1. The molecule has 0 spiro atoms. The maximum absolute atomic E-state index is 5.78. The molecule has 25 heavy (non-hydrogen) atoms. The van der Waals surface area contributed by atoms with Crippen molar-refractivity contribution in [1.82, 2.24) is 4.90 Å². The molecule has 1 aromatic carbocycles. The average Bonchev–Trinajstić information content (AvgIpc) is 2.94. The molecule has 2 heterocycles. The summed E-state index contributed by atoms with van der Waals surface area (Å²) in [4.78, 5) is 2.71. The van der Waals surface area contributed by atoms with Gasteiger partial charge in [-0.1, -0.05) is 36.9 Å². The molecule has 0 aromatic heterocycles. The van der Waals surface area contributed by atoms with E-state index in [9.17, 15) is 0 Å². The second kappa shape index (κ2) is 7.88. The molecular weight excluding hydrogens is 310 g/mol. The van der Waals surface area contributed by atoms with Crippen molar-refractivity contribution in [2.45, 2.75) is 63.4 Å². The Bertz CT molecular complexity index is 616. The van der Waals surface area contributed by atoms with Crippen LogP contribution in [0.5, 0.6) is 0 Å². The van der Waals surface area contributed by atoms with Gasteiger partial charge in [0.2, 0.25) is 0 Å². The Labute approximate surface area is 151 Å². The molecule has 0 radical (unpaired) electrons.